The lowest BCUT2D eigenvalue weighted by molar-refractivity contribution is 0.0773. The summed E-state index contributed by atoms with van der Waals surface area (Å²) in [5.41, 5.74) is 2.63. The average molecular weight is 366 g/mol. The molecule has 3 heterocycles. The molecule has 0 bridgehead atoms. The summed E-state index contributed by atoms with van der Waals surface area (Å²) in [5, 5.41) is 3.39. The predicted octanol–water partition coefficient (Wildman–Crippen LogP) is 1.88. The van der Waals surface area contributed by atoms with E-state index in [-0.39, 0.29) is 5.91 Å². The van der Waals surface area contributed by atoms with Gasteiger partial charge in [0.1, 0.15) is 5.75 Å². The smallest absolute Gasteiger partial charge is 0.255 e. The van der Waals surface area contributed by atoms with Gasteiger partial charge in [-0.3, -0.25) is 14.7 Å². The van der Waals surface area contributed by atoms with Gasteiger partial charge in [-0.2, -0.15) is 0 Å². The molecule has 2 saturated heterocycles. The van der Waals surface area contributed by atoms with E-state index in [2.05, 4.69) is 15.2 Å². The zero-order valence-corrected chi connectivity index (χ0v) is 15.7. The number of likely N-dealkylation sites (tertiary alicyclic amines) is 1. The van der Waals surface area contributed by atoms with Gasteiger partial charge in [0.05, 0.1) is 12.7 Å². The van der Waals surface area contributed by atoms with Gasteiger partial charge in [0.2, 0.25) is 0 Å². The van der Waals surface area contributed by atoms with E-state index in [0.29, 0.717) is 11.6 Å². The van der Waals surface area contributed by atoms with Crippen LogP contribution in [0, 0.1) is 0 Å². The molecule has 6 heteroatoms. The van der Waals surface area contributed by atoms with Gasteiger partial charge >= 0.3 is 0 Å². The zero-order chi connectivity index (χ0) is 18.6. The molecule has 2 aliphatic heterocycles. The van der Waals surface area contributed by atoms with Gasteiger partial charge in [0.25, 0.3) is 5.91 Å². The highest BCUT2D eigenvalue weighted by Crippen LogP contribution is 2.24. The Balaban J connectivity index is 1.46. The van der Waals surface area contributed by atoms with E-state index < -0.39 is 0 Å². The third kappa shape index (κ3) is 3.96. The second-order valence-electron chi connectivity index (χ2n) is 7.17. The van der Waals surface area contributed by atoms with Crippen molar-refractivity contribution in [3.8, 4) is 16.9 Å². The largest absolute Gasteiger partial charge is 0.497 e. The fraction of sp³-hybridized carbons (Fsp3) is 0.429. The van der Waals surface area contributed by atoms with Crippen LogP contribution in [-0.4, -0.2) is 73.1 Å². The highest BCUT2D eigenvalue weighted by Gasteiger charge is 2.31. The maximum atomic E-state index is 13.0. The number of ether oxygens (including phenoxy) is 1. The number of aromatic nitrogens is 1. The Hall–Kier alpha value is -2.44. The molecule has 1 aromatic heterocycles. The number of amides is 1. The van der Waals surface area contributed by atoms with E-state index in [9.17, 15) is 4.79 Å². The minimum absolute atomic E-state index is 0.0792. The van der Waals surface area contributed by atoms with Gasteiger partial charge in [-0.25, -0.2) is 0 Å². The van der Waals surface area contributed by atoms with Crippen molar-refractivity contribution in [2.24, 2.45) is 0 Å². The van der Waals surface area contributed by atoms with E-state index in [1.54, 1.807) is 19.5 Å². The second-order valence-corrected chi connectivity index (χ2v) is 7.17. The first-order chi connectivity index (χ1) is 13.2. The third-order valence-electron chi connectivity index (χ3n) is 5.53. The van der Waals surface area contributed by atoms with Gasteiger partial charge in [-0.15, -0.1) is 0 Å². The van der Waals surface area contributed by atoms with E-state index >= 15 is 0 Å². The Morgan fingerprint density at radius 3 is 2.63 bits per heavy atom. The molecule has 0 aliphatic carbocycles. The predicted molar refractivity (Wildman–Crippen MR) is 105 cm³/mol. The molecular formula is C21H26N4O2. The first-order valence-electron chi connectivity index (χ1n) is 9.58. The van der Waals surface area contributed by atoms with Crippen molar-refractivity contribution >= 4 is 5.91 Å². The molecule has 4 rings (SSSR count). The Morgan fingerprint density at radius 2 is 1.89 bits per heavy atom. The summed E-state index contributed by atoms with van der Waals surface area (Å²) in [7, 11) is 1.65. The van der Waals surface area contributed by atoms with E-state index in [1.807, 2.05) is 35.2 Å². The number of rotatable bonds is 4. The van der Waals surface area contributed by atoms with Crippen molar-refractivity contribution in [1.29, 1.82) is 0 Å². The van der Waals surface area contributed by atoms with E-state index in [1.165, 1.54) is 0 Å². The Labute approximate surface area is 160 Å². The number of hydrogen-bond acceptors (Lipinski definition) is 5. The number of nitrogens with one attached hydrogen (secondary N) is 1. The third-order valence-corrected chi connectivity index (χ3v) is 5.53. The Kier molecular flexibility index (Phi) is 5.36. The first-order valence-corrected chi connectivity index (χ1v) is 9.58. The minimum atomic E-state index is 0.0792. The molecule has 1 aromatic carbocycles. The van der Waals surface area contributed by atoms with Crippen molar-refractivity contribution in [1.82, 2.24) is 20.1 Å². The molecule has 0 radical (unpaired) electrons. The van der Waals surface area contributed by atoms with Gasteiger partial charge in [-0.05, 0) is 30.2 Å². The highest BCUT2D eigenvalue weighted by molar-refractivity contribution is 5.95. The number of piperazine rings is 1. The lowest BCUT2D eigenvalue weighted by Gasteiger charge is -2.32. The zero-order valence-electron chi connectivity index (χ0n) is 15.7. The van der Waals surface area contributed by atoms with Crippen LogP contribution in [-0.2, 0) is 0 Å². The minimum Gasteiger partial charge on any atom is -0.497 e. The Bertz CT molecular complexity index is 787. The molecule has 27 heavy (non-hydrogen) atoms. The number of carbonyl (C=O) groups is 1. The molecular weight excluding hydrogens is 340 g/mol. The van der Waals surface area contributed by atoms with Crippen LogP contribution in [0.3, 0.4) is 0 Å². The lowest BCUT2D eigenvalue weighted by atomic mass is 10.1. The van der Waals surface area contributed by atoms with Gasteiger partial charge in [-0.1, -0.05) is 12.1 Å². The number of benzene rings is 1. The quantitative estimate of drug-likeness (QED) is 0.895. The maximum absolute atomic E-state index is 13.0. The number of nitrogens with zero attached hydrogens (tertiary/aromatic N) is 3. The second kappa shape index (κ2) is 8.06. The van der Waals surface area contributed by atoms with Crippen LogP contribution in [0.5, 0.6) is 5.75 Å². The molecule has 1 unspecified atom stereocenters. The fourth-order valence-electron chi connectivity index (χ4n) is 3.95. The highest BCUT2D eigenvalue weighted by atomic mass is 16.5. The Morgan fingerprint density at radius 1 is 1.11 bits per heavy atom. The van der Waals surface area contributed by atoms with Crippen LogP contribution < -0.4 is 10.1 Å². The van der Waals surface area contributed by atoms with Crippen molar-refractivity contribution in [2.75, 3.05) is 46.4 Å². The number of hydrogen-bond donors (Lipinski definition) is 1. The maximum Gasteiger partial charge on any atom is 0.255 e. The molecule has 1 N–H and O–H groups in total. The molecule has 2 fully saturated rings. The van der Waals surface area contributed by atoms with Crippen LogP contribution in [0.4, 0.5) is 0 Å². The molecule has 0 saturated carbocycles. The van der Waals surface area contributed by atoms with Gasteiger partial charge in [0.15, 0.2) is 0 Å². The van der Waals surface area contributed by atoms with Crippen LogP contribution in [0.2, 0.25) is 0 Å². The topological polar surface area (TPSA) is 57.7 Å². The number of methoxy groups -OCH3 is 1. The molecule has 1 atom stereocenters. The summed E-state index contributed by atoms with van der Waals surface area (Å²) >= 11 is 0. The molecule has 2 aliphatic rings. The van der Waals surface area contributed by atoms with E-state index in [0.717, 1.165) is 62.6 Å². The summed E-state index contributed by atoms with van der Waals surface area (Å²) in [5.74, 6) is 0.894. The van der Waals surface area contributed by atoms with Crippen LogP contribution >= 0.6 is 0 Å². The summed E-state index contributed by atoms with van der Waals surface area (Å²) in [6.45, 7) is 5.85. The van der Waals surface area contributed by atoms with Crippen molar-refractivity contribution in [3.05, 3.63) is 48.3 Å². The monoisotopic (exact) mass is 366 g/mol. The van der Waals surface area contributed by atoms with Gasteiger partial charge in [0, 0.05) is 63.3 Å². The van der Waals surface area contributed by atoms with Crippen molar-refractivity contribution in [3.63, 3.8) is 0 Å². The standard InChI is InChI=1S/C21H26N4O2/c1-27-20-4-2-16(3-5-20)17-12-18(14-23-13-17)21(26)25-9-6-19(15-25)24-10-7-22-8-11-24/h2-5,12-14,19,22H,6-11,15H2,1H3. The average Bonchev–Trinajstić information content (AvgIpc) is 3.24. The van der Waals surface area contributed by atoms with E-state index in [4.69, 9.17) is 4.74 Å². The summed E-state index contributed by atoms with van der Waals surface area (Å²) < 4.78 is 5.21. The fourth-order valence-corrected chi connectivity index (χ4v) is 3.95. The number of pyridine rings is 1. The molecule has 1 amide bonds. The molecule has 6 nitrogen and oxygen atoms in total. The van der Waals surface area contributed by atoms with Crippen LogP contribution in [0.15, 0.2) is 42.7 Å². The summed E-state index contributed by atoms with van der Waals surface area (Å²) in [4.78, 5) is 21.8. The molecule has 2 aromatic rings. The first kappa shape index (κ1) is 17.9. The summed E-state index contributed by atoms with van der Waals surface area (Å²) in [6, 6.07) is 10.2. The summed E-state index contributed by atoms with van der Waals surface area (Å²) in [6.07, 6.45) is 4.52. The normalized spacial score (nSPS) is 20.6. The molecule has 142 valence electrons. The number of carbonyl (C=O) groups excluding carboxylic acids is 1. The van der Waals surface area contributed by atoms with Crippen molar-refractivity contribution in [2.45, 2.75) is 12.5 Å². The van der Waals surface area contributed by atoms with Gasteiger partial charge < -0.3 is 15.0 Å². The van der Waals surface area contributed by atoms with Crippen molar-refractivity contribution < 1.29 is 9.53 Å². The SMILES string of the molecule is COc1ccc(-c2cncc(C(=O)N3CCC(N4CCNCC4)C3)c2)cc1. The van der Waals surface area contributed by atoms with Crippen LogP contribution in [0.1, 0.15) is 16.8 Å². The molecule has 0 spiro atoms. The lowest BCUT2D eigenvalue weighted by Crippen LogP contribution is -2.49. The van der Waals surface area contributed by atoms with Crippen LogP contribution in [0.25, 0.3) is 11.1 Å².